The lowest BCUT2D eigenvalue weighted by molar-refractivity contribution is 0.0315. The monoisotopic (exact) mass is 655 g/mol. The number of rotatable bonds is 7. The number of piperazine rings is 1. The van der Waals surface area contributed by atoms with Gasteiger partial charge in [-0.15, -0.1) is 0 Å². The van der Waals surface area contributed by atoms with Gasteiger partial charge in [0.15, 0.2) is 0 Å². The lowest BCUT2D eigenvalue weighted by atomic mass is 9.93. The lowest BCUT2D eigenvalue weighted by Crippen LogP contribution is -2.55. The molecule has 3 atom stereocenters. The molecule has 0 aromatic heterocycles. The summed E-state index contributed by atoms with van der Waals surface area (Å²) in [5.41, 5.74) is 0.345. The maximum Gasteiger partial charge on any atom is 0.410 e. The van der Waals surface area contributed by atoms with Crippen molar-refractivity contribution in [3.05, 3.63) is 63.5 Å². The van der Waals surface area contributed by atoms with Gasteiger partial charge >= 0.3 is 6.09 Å². The number of amides is 1. The summed E-state index contributed by atoms with van der Waals surface area (Å²) < 4.78 is 51.0. The molecule has 0 bridgehead atoms. The van der Waals surface area contributed by atoms with Crippen molar-refractivity contribution in [3.63, 3.8) is 0 Å². The first-order valence-corrected chi connectivity index (χ1v) is 15.9. The van der Waals surface area contributed by atoms with Gasteiger partial charge in [-0.3, -0.25) is 4.90 Å². The molecule has 3 aliphatic rings. The van der Waals surface area contributed by atoms with Gasteiger partial charge in [0.1, 0.15) is 12.4 Å². The van der Waals surface area contributed by atoms with Gasteiger partial charge in [-0.2, -0.15) is 4.31 Å². The maximum absolute atomic E-state index is 14.9. The molecular formula is C28H35FIN3O4S. The summed E-state index contributed by atoms with van der Waals surface area (Å²) in [5.74, 6) is 0.367. The van der Waals surface area contributed by atoms with Crippen molar-refractivity contribution in [2.24, 2.45) is 5.92 Å². The van der Waals surface area contributed by atoms with E-state index < -0.39 is 34.0 Å². The third-order valence-electron chi connectivity index (χ3n) is 7.89. The molecule has 0 N–H and O–H groups in total. The van der Waals surface area contributed by atoms with Gasteiger partial charge in [-0.25, -0.2) is 17.6 Å². The number of piperidine rings is 1. The lowest BCUT2D eigenvalue weighted by Gasteiger charge is -2.42. The number of sulfonamides is 1. The predicted molar refractivity (Wildman–Crippen MR) is 152 cm³/mol. The van der Waals surface area contributed by atoms with Crippen molar-refractivity contribution in [1.29, 1.82) is 0 Å². The van der Waals surface area contributed by atoms with Gasteiger partial charge in [0.2, 0.25) is 10.0 Å². The number of carbonyl (C=O) groups is 1. The van der Waals surface area contributed by atoms with E-state index in [9.17, 15) is 17.6 Å². The number of nitrogens with zero attached hydrogens (tertiary/aromatic N) is 3. The number of halogens is 2. The first kappa shape index (κ1) is 27.8. The molecule has 3 fully saturated rings. The van der Waals surface area contributed by atoms with Gasteiger partial charge in [0, 0.05) is 41.4 Å². The minimum Gasteiger partial charge on any atom is -0.448 e. The van der Waals surface area contributed by atoms with Crippen molar-refractivity contribution in [1.82, 2.24) is 14.1 Å². The Hall–Kier alpha value is -1.76. The van der Waals surface area contributed by atoms with E-state index in [-0.39, 0.29) is 17.5 Å². The van der Waals surface area contributed by atoms with Crippen molar-refractivity contribution >= 4 is 38.7 Å². The fourth-order valence-corrected chi connectivity index (χ4v) is 7.92. The van der Waals surface area contributed by atoms with Gasteiger partial charge in [-0.05, 0) is 97.9 Å². The number of benzene rings is 2. The Labute approximate surface area is 238 Å². The van der Waals surface area contributed by atoms with Crippen molar-refractivity contribution in [2.75, 3.05) is 32.8 Å². The zero-order chi connectivity index (χ0) is 26.9. The van der Waals surface area contributed by atoms with Crippen LogP contribution >= 0.6 is 22.6 Å². The maximum atomic E-state index is 14.9. The zero-order valence-corrected chi connectivity index (χ0v) is 24.6. The van der Waals surface area contributed by atoms with Crippen LogP contribution in [0.3, 0.4) is 0 Å². The van der Waals surface area contributed by atoms with E-state index in [4.69, 9.17) is 4.74 Å². The summed E-state index contributed by atoms with van der Waals surface area (Å²) in [5, 5.41) is 0. The SMILES string of the molecule is CC1CN(CC2CC2)CCN1C(=O)OC[C@H]1CCC[C@@H](c2ccccc2F)N1S(=O)(=O)c1ccc(I)cc1. The Balaban J connectivity index is 1.34. The quantitative estimate of drug-likeness (QED) is 0.381. The predicted octanol–water partition coefficient (Wildman–Crippen LogP) is 5.27. The standard InChI is InChI=1S/C28H35FIN3O4S/c1-20-17-31(18-21-9-10-21)15-16-32(20)28(34)37-19-23-5-4-8-27(25-6-2-3-7-26(25)29)33(23)38(35,36)24-13-11-22(30)12-14-24/h2-3,6-7,11-14,20-21,23,27H,4-5,8-10,15-19H2,1H3/t20?,23-,27+/m1/s1. The Morgan fingerprint density at radius 3 is 2.47 bits per heavy atom. The summed E-state index contributed by atoms with van der Waals surface area (Å²) >= 11 is 2.13. The molecule has 1 amide bonds. The summed E-state index contributed by atoms with van der Waals surface area (Å²) in [4.78, 5) is 17.4. The second-order valence-electron chi connectivity index (χ2n) is 10.7. The average molecular weight is 656 g/mol. The molecule has 2 aromatic rings. The first-order valence-electron chi connectivity index (χ1n) is 13.4. The normalized spacial score (nSPS) is 25.3. The summed E-state index contributed by atoms with van der Waals surface area (Å²) in [7, 11) is -3.99. The van der Waals surface area contributed by atoms with Gasteiger partial charge in [0.05, 0.1) is 17.0 Å². The van der Waals surface area contributed by atoms with Crippen LogP contribution in [0.25, 0.3) is 0 Å². The highest BCUT2D eigenvalue weighted by atomic mass is 127. The van der Waals surface area contributed by atoms with E-state index in [1.807, 2.05) is 6.92 Å². The molecule has 0 spiro atoms. The molecule has 206 valence electrons. The zero-order valence-electron chi connectivity index (χ0n) is 21.6. The molecule has 1 unspecified atom stereocenters. The highest BCUT2D eigenvalue weighted by Crippen LogP contribution is 2.40. The second-order valence-corrected chi connectivity index (χ2v) is 13.8. The van der Waals surface area contributed by atoms with Crippen LogP contribution in [0.1, 0.15) is 50.6 Å². The molecule has 1 saturated carbocycles. The number of hydrogen-bond donors (Lipinski definition) is 0. The molecule has 2 heterocycles. The highest BCUT2D eigenvalue weighted by molar-refractivity contribution is 14.1. The van der Waals surface area contributed by atoms with Crippen LogP contribution in [0.4, 0.5) is 9.18 Å². The fourth-order valence-electron chi connectivity index (χ4n) is 5.73. The van der Waals surface area contributed by atoms with Crippen LogP contribution < -0.4 is 0 Å². The van der Waals surface area contributed by atoms with Crippen LogP contribution in [0, 0.1) is 15.3 Å². The Morgan fingerprint density at radius 2 is 1.79 bits per heavy atom. The topological polar surface area (TPSA) is 70.2 Å². The average Bonchev–Trinajstić information content (AvgIpc) is 3.71. The summed E-state index contributed by atoms with van der Waals surface area (Å²) in [6.07, 6.45) is 3.92. The van der Waals surface area contributed by atoms with E-state index >= 15 is 0 Å². The largest absolute Gasteiger partial charge is 0.448 e. The van der Waals surface area contributed by atoms with Gasteiger partial charge in [0.25, 0.3) is 0 Å². The van der Waals surface area contributed by atoms with Crippen molar-refractivity contribution < 1.29 is 22.3 Å². The molecule has 7 nitrogen and oxygen atoms in total. The van der Waals surface area contributed by atoms with Gasteiger partial charge < -0.3 is 9.64 Å². The van der Waals surface area contributed by atoms with E-state index in [1.165, 1.54) is 23.2 Å². The second kappa shape index (κ2) is 11.8. The van der Waals surface area contributed by atoms with E-state index in [0.717, 1.165) is 29.1 Å². The Kier molecular flexibility index (Phi) is 8.61. The molecule has 38 heavy (non-hydrogen) atoms. The van der Waals surface area contributed by atoms with E-state index in [0.29, 0.717) is 31.4 Å². The minimum atomic E-state index is -3.99. The van der Waals surface area contributed by atoms with Crippen LogP contribution in [0.5, 0.6) is 0 Å². The molecule has 2 aliphatic heterocycles. The smallest absolute Gasteiger partial charge is 0.410 e. The molecule has 2 saturated heterocycles. The number of carbonyl (C=O) groups excluding carboxylic acids is 1. The fraction of sp³-hybridized carbons (Fsp3) is 0.536. The van der Waals surface area contributed by atoms with E-state index in [2.05, 4.69) is 27.5 Å². The number of hydrogen-bond acceptors (Lipinski definition) is 5. The van der Waals surface area contributed by atoms with Crippen LogP contribution in [-0.4, -0.2) is 73.5 Å². The number of ether oxygens (including phenoxy) is 1. The molecule has 10 heteroatoms. The third kappa shape index (κ3) is 6.18. The van der Waals surface area contributed by atoms with Gasteiger partial charge in [-0.1, -0.05) is 18.2 Å². The third-order valence-corrected chi connectivity index (χ3v) is 10.6. The summed E-state index contributed by atoms with van der Waals surface area (Å²) in [6.45, 7) is 5.29. The van der Waals surface area contributed by atoms with Crippen LogP contribution in [0.2, 0.25) is 0 Å². The summed E-state index contributed by atoms with van der Waals surface area (Å²) in [6, 6.07) is 11.7. The molecular weight excluding hydrogens is 620 g/mol. The van der Waals surface area contributed by atoms with Crippen molar-refractivity contribution in [3.8, 4) is 0 Å². The molecule has 5 rings (SSSR count). The Morgan fingerprint density at radius 1 is 1.05 bits per heavy atom. The van der Waals surface area contributed by atoms with E-state index in [1.54, 1.807) is 47.4 Å². The Bertz CT molecular complexity index is 1240. The first-order chi connectivity index (χ1) is 18.2. The molecule has 1 aliphatic carbocycles. The molecule has 0 radical (unpaired) electrons. The van der Waals surface area contributed by atoms with Crippen LogP contribution in [0.15, 0.2) is 53.4 Å². The van der Waals surface area contributed by atoms with Crippen molar-refractivity contribution in [2.45, 2.75) is 62.0 Å². The molecule has 2 aromatic carbocycles. The minimum absolute atomic E-state index is 0.0270. The van der Waals surface area contributed by atoms with Crippen LogP contribution in [-0.2, 0) is 14.8 Å². The highest BCUT2D eigenvalue weighted by Gasteiger charge is 2.42.